The highest BCUT2D eigenvalue weighted by Crippen LogP contribution is 2.14. The predicted molar refractivity (Wildman–Crippen MR) is 70.4 cm³/mol. The maximum absolute atomic E-state index is 11.8. The van der Waals surface area contributed by atoms with Crippen LogP contribution in [0.5, 0.6) is 5.75 Å². The molecule has 0 radical (unpaired) electrons. The molecule has 94 valence electrons. The van der Waals surface area contributed by atoms with Crippen molar-refractivity contribution in [3.05, 3.63) is 24.0 Å². The van der Waals surface area contributed by atoms with E-state index in [1.54, 1.807) is 0 Å². The Morgan fingerprint density at radius 3 is 3.06 bits per heavy atom. The van der Waals surface area contributed by atoms with Crippen LogP contribution < -0.4 is 5.32 Å². The van der Waals surface area contributed by atoms with E-state index in [0.29, 0.717) is 0 Å². The molecule has 5 heteroatoms. The van der Waals surface area contributed by atoms with Gasteiger partial charge >= 0.3 is 0 Å². The van der Waals surface area contributed by atoms with E-state index in [2.05, 4.69) is 17.2 Å². The van der Waals surface area contributed by atoms with Crippen LogP contribution in [-0.4, -0.2) is 33.5 Å². The van der Waals surface area contributed by atoms with Crippen LogP contribution in [0.2, 0.25) is 0 Å². The van der Waals surface area contributed by atoms with Crippen LogP contribution in [0.3, 0.4) is 0 Å². The SMILES string of the molecule is CCSCCC(C)NC(=O)c1ccncc1O. The van der Waals surface area contributed by atoms with Crippen LogP contribution in [0.1, 0.15) is 30.6 Å². The number of nitrogens with one attached hydrogen (secondary N) is 1. The Balaban J connectivity index is 2.46. The van der Waals surface area contributed by atoms with Gasteiger partial charge in [-0.3, -0.25) is 9.78 Å². The van der Waals surface area contributed by atoms with Crippen molar-refractivity contribution < 1.29 is 9.90 Å². The topological polar surface area (TPSA) is 62.2 Å². The summed E-state index contributed by atoms with van der Waals surface area (Å²) < 4.78 is 0. The van der Waals surface area contributed by atoms with Crippen LogP contribution >= 0.6 is 11.8 Å². The van der Waals surface area contributed by atoms with Crippen molar-refractivity contribution in [3.8, 4) is 5.75 Å². The Kier molecular flexibility index (Phi) is 5.83. The van der Waals surface area contributed by atoms with Crippen molar-refractivity contribution in [2.45, 2.75) is 26.3 Å². The van der Waals surface area contributed by atoms with Gasteiger partial charge in [0.2, 0.25) is 0 Å². The molecule has 1 rings (SSSR count). The second kappa shape index (κ2) is 7.17. The Morgan fingerprint density at radius 2 is 2.41 bits per heavy atom. The number of thioether (sulfide) groups is 1. The lowest BCUT2D eigenvalue weighted by molar-refractivity contribution is 0.0936. The van der Waals surface area contributed by atoms with E-state index in [-0.39, 0.29) is 23.3 Å². The van der Waals surface area contributed by atoms with Crippen LogP contribution in [-0.2, 0) is 0 Å². The third kappa shape index (κ3) is 4.65. The molecule has 0 saturated carbocycles. The molecule has 0 aromatic carbocycles. The largest absolute Gasteiger partial charge is 0.505 e. The third-order valence-electron chi connectivity index (χ3n) is 2.32. The van der Waals surface area contributed by atoms with Gasteiger partial charge in [-0.25, -0.2) is 0 Å². The summed E-state index contributed by atoms with van der Waals surface area (Å²) >= 11 is 1.85. The number of carbonyl (C=O) groups is 1. The molecule has 1 heterocycles. The van der Waals surface area contributed by atoms with Gasteiger partial charge in [0.1, 0.15) is 5.75 Å². The molecule has 1 atom stereocenters. The van der Waals surface area contributed by atoms with Crippen molar-refractivity contribution in [1.82, 2.24) is 10.3 Å². The minimum absolute atomic E-state index is 0.0832. The molecule has 0 aliphatic carbocycles. The van der Waals surface area contributed by atoms with Gasteiger partial charge in [-0.1, -0.05) is 6.92 Å². The summed E-state index contributed by atoms with van der Waals surface area (Å²) in [6.45, 7) is 4.08. The lowest BCUT2D eigenvalue weighted by atomic mass is 10.2. The van der Waals surface area contributed by atoms with E-state index in [0.717, 1.165) is 17.9 Å². The van der Waals surface area contributed by atoms with E-state index < -0.39 is 0 Å². The van der Waals surface area contributed by atoms with Gasteiger partial charge in [0.25, 0.3) is 5.91 Å². The third-order valence-corrected chi connectivity index (χ3v) is 3.25. The van der Waals surface area contributed by atoms with Crippen molar-refractivity contribution in [3.63, 3.8) is 0 Å². The molecular weight excluding hydrogens is 236 g/mol. The Hall–Kier alpha value is -1.23. The van der Waals surface area contributed by atoms with Crippen LogP contribution in [0.25, 0.3) is 0 Å². The summed E-state index contributed by atoms with van der Waals surface area (Å²) in [4.78, 5) is 15.5. The first kappa shape index (κ1) is 13.8. The van der Waals surface area contributed by atoms with Crippen molar-refractivity contribution >= 4 is 17.7 Å². The molecule has 0 aliphatic rings. The normalized spacial score (nSPS) is 12.1. The second-order valence-corrected chi connectivity index (χ2v) is 5.15. The first-order valence-electron chi connectivity index (χ1n) is 5.66. The summed E-state index contributed by atoms with van der Waals surface area (Å²) in [6, 6.07) is 1.62. The van der Waals surface area contributed by atoms with E-state index in [4.69, 9.17) is 0 Å². The first-order valence-corrected chi connectivity index (χ1v) is 6.82. The molecule has 0 spiro atoms. The standard InChI is InChI=1S/C12H18N2O2S/c1-3-17-7-5-9(2)14-12(16)10-4-6-13-8-11(10)15/h4,6,8-9,15H,3,5,7H2,1-2H3,(H,14,16). The number of aromatic hydroxyl groups is 1. The fourth-order valence-electron chi connectivity index (χ4n) is 1.36. The van der Waals surface area contributed by atoms with Crippen LogP contribution in [0.15, 0.2) is 18.5 Å². The molecule has 2 N–H and O–H groups in total. The van der Waals surface area contributed by atoms with E-state index in [1.807, 2.05) is 18.7 Å². The van der Waals surface area contributed by atoms with E-state index in [1.165, 1.54) is 18.5 Å². The summed E-state index contributed by atoms with van der Waals surface area (Å²) in [5, 5.41) is 12.3. The monoisotopic (exact) mass is 254 g/mol. The van der Waals surface area contributed by atoms with Crippen LogP contribution in [0.4, 0.5) is 0 Å². The van der Waals surface area contributed by atoms with Crippen molar-refractivity contribution in [1.29, 1.82) is 0 Å². The predicted octanol–water partition coefficient (Wildman–Crippen LogP) is 2.05. The van der Waals surface area contributed by atoms with E-state index in [9.17, 15) is 9.90 Å². The highest BCUT2D eigenvalue weighted by Gasteiger charge is 2.12. The van der Waals surface area contributed by atoms with Crippen molar-refractivity contribution in [2.24, 2.45) is 0 Å². The molecule has 1 unspecified atom stereocenters. The lowest BCUT2D eigenvalue weighted by Gasteiger charge is -2.13. The fourth-order valence-corrected chi connectivity index (χ4v) is 2.17. The van der Waals surface area contributed by atoms with Gasteiger partial charge in [0.15, 0.2) is 0 Å². The van der Waals surface area contributed by atoms with Crippen LogP contribution in [0, 0.1) is 0 Å². The Morgan fingerprint density at radius 1 is 1.65 bits per heavy atom. The summed E-state index contributed by atoms with van der Waals surface area (Å²) in [5.41, 5.74) is 0.273. The number of hydrogen-bond acceptors (Lipinski definition) is 4. The molecule has 1 aromatic rings. The molecule has 1 aromatic heterocycles. The summed E-state index contributed by atoms with van der Waals surface area (Å²) in [7, 11) is 0. The first-order chi connectivity index (χ1) is 8.15. The Labute approximate surface area is 106 Å². The molecule has 1 amide bonds. The summed E-state index contributed by atoms with van der Waals surface area (Å²) in [5.74, 6) is 1.78. The maximum Gasteiger partial charge on any atom is 0.255 e. The molecule has 4 nitrogen and oxygen atoms in total. The lowest BCUT2D eigenvalue weighted by Crippen LogP contribution is -2.33. The second-order valence-electron chi connectivity index (χ2n) is 3.75. The van der Waals surface area contributed by atoms with Gasteiger partial charge in [-0.05, 0) is 30.9 Å². The highest BCUT2D eigenvalue weighted by molar-refractivity contribution is 7.99. The minimum Gasteiger partial charge on any atom is -0.505 e. The number of aromatic nitrogens is 1. The average Bonchev–Trinajstić information content (AvgIpc) is 2.29. The van der Waals surface area contributed by atoms with Gasteiger partial charge < -0.3 is 10.4 Å². The van der Waals surface area contributed by atoms with Gasteiger partial charge in [0, 0.05) is 12.2 Å². The minimum atomic E-state index is -0.251. The molecule has 0 aliphatic heterocycles. The number of carbonyl (C=O) groups excluding carboxylic acids is 1. The molecule has 17 heavy (non-hydrogen) atoms. The zero-order valence-electron chi connectivity index (χ0n) is 10.1. The van der Waals surface area contributed by atoms with Gasteiger partial charge in [-0.15, -0.1) is 0 Å². The average molecular weight is 254 g/mol. The summed E-state index contributed by atoms with van der Waals surface area (Å²) in [6.07, 6.45) is 3.69. The Bertz CT molecular complexity index is 371. The molecule has 0 bridgehead atoms. The van der Waals surface area contributed by atoms with Crippen molar-refractivity contribution in [2.75, 3.05) is 11.5 Å². The number of hydrogen-bond donors (Lipinski definition) is 2. The number of nitrogens with zero attached hydrogens (tertiary/aromatic N) is 1. The van der Waals surface area contributed by atoms with E-state index >= 15 is 0 Å². The molecule has 0 fully saturated rings. The molecule has 0 saturated heterocycles. The number of pyridine rings is 1. The van der Waals surface area contributed by atoms with Gasteiger partial charge in [-0.2, -0.15) is 11.8 Å². The number of rotatable bonds is 6. The zero-order valence-corrected chi connectivity index (χ0v) is 11.0. The molecular formula is C12H18N2O2S. The highest BCUT2D eigenvalue weighted by atomic mass is 32.2. The number of amides is 1. The zero-order chi connectivity index (χ0) is 12.7. The quantitative estimate of drug-likeness (QED) is 0.763. The van der Waals surface area contributed by atoms with Gasteiger partial charge in [0.05, 0.1) is 11.8 Å². The fraction of sp³-hybridized carbons (Fsp3) is 0.500. The smallest absolute Gasteiger partial charge is 0.255 e. The maximum atomic E-state index is 11.8.